The van der Waals surface area contributed by atoms with Crippen LogP contribution in [-0.2, 0) is 16.0 Å². The molecule has 2 N–H and O–H groups in total. The van der Waals surface area contributed by atoms with Gasteiger partial charge in [0.2, 0.25) is 11.0 Å². The first-order valence-electron chi connectivity index (χ1n) is 8.36. The first-order chi connectivity index (χ1) is 13.2. The molecule has 1 aromatic heterocycles. The third-order valence-corrected chi connectivity index (χ3v) is 4.55. The van der Waals surface area contributed by atoms with E-state index in [1.165, 1.54) is 42.7 Å². The lowest BCUT2D eigenvalue weighted by Gasteiger charge is -2.19. The summed E-state index contributed by atoms with van der Waals surface area (Å²) < 4.78 is 43.0. The van der Waals surface area contributed by atoms with Crippen LogP contribution in [0, 0.1) is 0 Å². The van der Waals surface area contributed by atoms with Crippen molar-refractivity contribution in [1.82, 2.24) is 15.5 Å². The lowest BCUT2D eigenvalue weighted by atomic mass is 10.0. The highest BCUT2D eigenvalue weighted by Crippen LogP contribution is 2.24. The fraction of sp³-hybridized carbons (Fsp3) is 0.412. The highest BCUT2D eigenvalue weighted by Gasteiger charge is 2.40. The number of aryl methyl sites for hydroxylation is 1. The predicted octanol–water partition coefficient (Wildman–Crippen LogP) is 3.25. The van der Waals surface area contributed by atoms with Crippen LogP contribution >= 0.6 is 11.3 Å². The molecule has 0 spiro atoms. The monoisotopic (exact) mass is 416 g/mol. The number of hydrogen-bond acceptors (Lipinski definition) is 6. The van der Waals surface area contributed by atoms with Gasteiger partial charge in [-0.05, 0) is 24.1 Å². The van der Waals surface area contributed by atoms with E-state index in [0.717, 1.165) is 11.4 Å². The predicted molar refractivity (Wildman–Crippen MR) is 97.1 cm³/mol. The molecule has 1 heterocycles. The van der Waals surface area contributed by atoms with Crippen LogP contribution in [-0.4, -0.2) is 35.3 Å². The number of benzene rings is 1. The molecule has 0 aliphatic rings. The summed E-state index contributed by atoms with van der Waals surface area (Å²) in [6, 6.07) is 4.85. The Morgan fingerprint density at radius 1 is 1.21 bits per heavy atom. The molecule has 0 aliphatic heterocycles. The summed E-state index contributed by atoms with van der Waals surface area (Å²) in [5.74, 6) is -2.23. The number of carbonyl (C=O) groups excluding carboxylic acids is 2. The summed E-state index contributed by atoms with van der Waals surface area (Å²) in [6.45, 7) is 1.97. The number of amides is 2. The molecule has 0 aliphatic carbocycles. The van der Waals surface area contributed by atoms with Gasteiger partial charge in [0.15, 0.2) is 0 Å². The van der Waals surface area contributed by atoms with Crippen LogP contribution in [0.25, 0.3) is 0 Å². The van der Waals surface area contributed by atoms with Gasteiger partial charge in [0.25, 0.3) is 0 Å². The Kier molecular flexibility index (Phi) is 7.32. The van der Waals surface area contributed by atoms with Crippen molar-refractivity contribution in [3.63, 3.8) is 0 Å². The molecule has 7 nitrogen and oxygen atoms in total. The molecule has 0 radical (unpaired) electrons. The van der Waals surface area contributed by atoms with Crippen LogP contribution in [0.1, 0.15) is 36.4 Å². The summed E-state index contributed by atoms with van der Waals surface area (Å²) in [6.07, 6.45) is -3.89. The standard InChI is InChI=1S/C17H19F3N4O3S/c1-3-4-14-23-24-16(28-14)22-13(25)9-12(21-15(26)17(18,19)20)10-5-7-11(27-2)8-6-10/h5-8,12H,3-4,9H2,1-2H3,(H,21,26)(H,22,24,25)/t12-/m0/s1. The quantitative estimate of drug-likeness (QED) is 0.689. The maximum Gasteiger partial charge on any atom is 0.471 e. The van der Waals surface area contributed by atoms with Crippen molar-refractivity contribution in [2.75, 3.05) is 12.4 Å². The second-order valence-corrected chi connectivity index (χ2v) is 6.86. The highest BCUT2D eigenvalue weighted by atomic mass is 32.1. The molecule has 0 saturated carbocycles. The number of hydrogen-bond donors (Lipinski definition) is 2. The van der Waals surface area contributed by atoms with Gasteiger partial charge in [-0.1, -0.05) is 30.4 Å². The molecule has 1 aromatic carbocycles. The zero-order valence-corrected chi connectivity index (χ0v) is 16.0. The van der Waals surface area contributed by atoms with Crippen LogP contribution < -0.4 is 15.4 Å². The van der Waals surface area contributed by atoms with Crippen molar-refractivity contribution in [3.8, 4) is 5.75 Å². The van der Waals surface area contributed by atoms with E-state index in [0.29, 0.717) is 17.7 Å². The summed E-state index contributed by atoms with van der Waals surface area (Å²) in [7, 11) is 1.44. The third kappa shape index (κ3) is 6.19. The molecule has 2 rings (SSSR count). The van der Waals surface area contributed by atoms with Crippen molar-refractivity contribution in [3.05, 3.63) is 34.8 Å². The number of anilines is 1. The van der Waals surface area contributed by atoms with Crippen LogP contribution in [0.4, 0.5) is 18.3 Å². The molecular formula is C17H19F3N4O3S. The third-order valence-electron chi connectivity index (χ3n) is 3.65. The number of nitrogens with one attached hydrogen (secondary N) is 2. The summed E-state index contributed by atoms with van der Waals surface area (Å²) in [5.41, 5.74) is 0.331. The van der Waals surface area contributed by atoms with Crippen LogP contribution in [0.5, 0.6) is 5.75 Å². The Labute approximate surface area is 163 Å². The molecule has 0 bridgehead atoms. The molecular weight excluding hydrogens is 397 g/mol. The first kappa shape index (κ1) is 21.6. The molecule has 2 aromatic rings. The van der Waals surface area contributed by atoms with Crippen LogP contribution in [0.2, 0.25) is 0 Å². The van der Waals surface area contributed by atoms with Crippen LogP contribution in [0.15, 0.2) is 24.3 Å². The number of ether oxygens (including phenoxy) is 1. The van der Waals surface area contributed by atoms with Gasteiger partial charge >= 0.3 is 12.1 Å². The van der Waals surface area contributed by atoms with Crippen molar-refractivity contribution in [1.29, 1.82) is 0 Å². The van der Waals surface area contributed by atoms with Gasteiger partial charge < -0.3 is 15.4 Å². The number of nitrogens with zero attached hydrogens (tertiary/aromatic N) is 2. The maximum atomic E-state index is 12.7. The number of alkyl halides is 3. The molecule has 28 heavy (non-hydrogen) atoms. The lowest BCUT2D eigenvalue weighted by Crippen LogP contribution is -2.40. The molecule has 0 saturated heterocycles. The molecule has 2 amide bonds. The summed E-state index contributed by atoms with van der Waals surface area (Å²) in [5, 5.41) is 13.1. The molecule has 152 valence electrons. The van der Waals surface area contributed by atoms with Gasteiger partial charge in [-0.3, -0.25) is 9.59 Å². The minimum atomic E-state index is -5.06. The van der Waals surface area contributed by atoms with E-state index in [9.17, 15) is 22.8 Å². The van der Waals surface area contributed by atoms with E-state index in [1.54, 1.807) is 0 Å². The topological polar surface area (TPSA) is 93.2 Å². The van der Waals surface area contributed by atoms with E-state index in [4.69, 9.17) is 4.74 Å². The Morgan fingerprint density at radius 2 is 1.89 bits per heavy atom. The van der Waals surface area contributed by atoms with Gasteiger partial charge in [0.05, 0.1) is 19.6 Å². The van der Waals surface area contributed by atoms with Gasteiger partial charge in [-0.25, -0.2) is 0 Å². The van der Waals surface area contributed by atoms with E-state index < -0.39 is 30.5 Å². The molecule has 11 heteroatoms. The van der Waals surface area contributed by atoms with Crippen molar-refractivity contribution in [2.45, 2.75) is 38.4 Å². The van der Waals surface area contributed by atoms with Gasteiger partial charge in [0, 0.05) is 6.42 Å². The maximum absolute atomic E-state index is 12.7. The molecule has 1 atom stereocenters. The van der Waals surface area contributed by atoms with Crippen molar-refractivity contribution < 1.29 is 27.5 Å². The van der Waals surface area contributed by atoms with E-state index in [-0.39, 0.29) is 5.13 Å². The van der Waals surface area contributed by atoms with Gasteiger partial charge in [-0.2, -0.15) is 13.2 Å². The molecule has 0 unspecified atom stereocenters. The Hall–Kier alpha value is -2.69. The molecule has 0 fully saturated rings. The minimum Gasteiger partial charge on any atom is -0.497 e. The first-order valence-corrected chi connectivity index (χ1v) is 9.18. The van der Waals surface area contributed by atoms with E-state index in [2.05, 4.69) is 15.5 Å². The zero-order chi connectivity index (χ0) is 20.7. The average Bonchev–Trinajstić information content (AvgIpc) is 3.07. The van der Waals surface area contributed by atoms with Crippen molar-refractivity contribution >= 4 is 28.3 Å². The summed E-state index contributed by atoms with van der Waals surface area (Å²) >= 11 is 1.19. The Bertz CT molecular complexity index is 809. The zero-order valence-electron chi connectivity index (χ0n) is 15.2. The second kappa shape index (κ2) is 9.49. The summed E-state index contributed by atoms with van der Waals surface area (Å²) in [4.78, 5) is 23.7. The minimum absolute atomic E-state index is 0.254. The number of aromatic nitrogens is 2. The van der Waals surface area contributed by atoms with Gasteiger partial charge in [0.1, 0.15) is 10.8 Å². The van der Waals surface area contributed by atoms with Crippen molar-refractivity contribution in [2.24, 2.45) is 0 Å². The van der Waals surface area contributed by atoms with Crippen LogP contribution in [0.3, 0.4) is 0 Å². The normalized spacial score (nSPS) is 12.3. The second-order valence-electron chi connectivity index (χ2n) is 5.80. The Morgan fingerprint density at radius 3 is 2.46 bits per heavy atom. The fourth-order valence-corrected chi connectivity index (χ4v) is 3.16. The smallest absolute Gasteiger partial charge is 0.471 e. The number of methoxy groups -OCH3 is 1. The fourth-order valence-electron chi connectivity index (χ4n) is 2.30. The Balaban J connectivity index is 2.12. The number of carbonyl (C=O) groups is 2. The number of halogens is 3. The van der Waals surface area contributed by atoms with E-state index >= 15 is 0 Å². The highest BCUT2D eigenvalue weighted by molar-refractivity contribution is 7.15. The average molecular weight is 416 g/mol. The van der Waals surface area contributed by atoms with E-state index in [1.807, 2.05) is 12.2 Å². The number of rotatable bonds is 8. The SMILES string of the molecule is CCCc1nnc(NC(=O)C[C@H](NC(=O)C(F)(F)F)c2ccc(OC)cc2)s1. The lowest BCUT2D eigenvalue weighted by molar-refractivity contribution is -0.174. The van der Waals surface area contributed by atoms with Gasteiger partial charge in [-0.15, -0.1) is 10.2 Å². The largest absolute Gasteiger partial charge is 0.497 e.